The van der Waals surface area contributed by atoms with Crippen LogP contribution in [0.1, 0.15) is 0 Å². The third kappa shape index (κ3) is 1.84. The van der Waals surface area contributed by atoms with Gasteiger partial charge in [-0.3, -0.25) is 10.1 Å². The molecule has 88 valence electrons. The van der Waals surface area contributed by atoms with Gasteiger partial charge in [0.2, 0.25) is 0 Å². The van der Waals surface area contributed by atoms with Crippen molar-refractivity contribution in [3.8, 4) is 22.4 Å². The number of anilines is 1. The second kappa shape index (κ2) is 4.33. The van der Waals surface area contributed by atoms with E-state index in [2.05, 4.69) is 15.2 Å². The Morgan fingerprint density at radius 2 is 2.00 bits per heavy atom. The van der Waals surface area contributed by atoms with Gasteiger partial charge in [-0.15, -0.1) is 0 Å². The van der Waals surface area contributed by atoms with Crippen molar-refractivity contribution in [3.63, 3.8) is 0 Å². The number of hydrogen-bond donors (Lipinski definition) is 2. The van der Waals surface area contributed by atoms with E-state index in [4.69, 9.17) is 5.73 Å². The highest BCUT2D eigenvalue weighted by Gasteiger charge is 2.06. The second-order valence-electron chi connectivity index (χ2n) is 4.00. The molecule has 0 aliphatic heterocycles. The Kier molecular flexibility index (Phi) is 2.53. The number of aromatic amines is 1. The van der Waals surface area contributed by atoms with Gasteiger partial charge in [-0.1, -0.05) is 18.2 Å². The molecule has 4 heteroatoms. The zero-order valence-electron chi connectivity index (χ0n) is 9.67. The number of hydrogen-bond acceptors (Lipinski definition) is 3. The molecule has 3 rings (SSSR count). The number of nitrogens with one attached hydrogen (secondary N) is 1. The molecular weight excluding hydrogens is 224 g/mol. The molecule has 0 fully saturated rings. The maximum atomic E-state index is 6.09. The number of aromatic nitrogens is 3. The smallest absolute Gasteiger partial charge is 0.0722 e. The summed E-state index contributed by atoms with van der Waals surface area (Å²) in [5.41, 5.74) is 10.7. The summed E-state index contributed by atoms with van der Waals surface area (Å²) in [6, 6.07) is 11.7. The van der Waals surface area contributed by atoms with Gasteiger partial charge in [-0.05, 0) is 23.8 Å². The minimum absolute atomic E-state index is 0.715. The van der Waals surface area contributed by atoms with Crippen molar-refractivity contribution in [2.24, 2.45) is 0 Å². The lowest BCUT2D eigenvalue weighted by Gasteiger charge is -2.06. The first kappa shape index (κ1) is 10.5. The van der Waals surface area contributed by atoms with Crippen molar-refractivity contribution in [3.05, 3.63) is 55.0 Å². The van der Waals surface area contributed by atoms with Crippen molar-refractivity contribution in [1.29, 1.82) is 0 Å². The highest BCUT2D eigenvalue weighted by atomic mass is 15.1. The molecular formula is C14H12N4. The minimum atomic E-state index is 0.715. The number of nitrogens with zero attached hydrogens (tertiary/aromatic N) is 2. The fourth-order valence-corrected chi connectivity index (χ4v) is 1.91. The molecule has 0 atom stereocenters. The van der Waals surface area contributed by atoms with Crippen LogP contribution in [0.15, 0.2) is 55.0 Å². The lowest BCUT2D eigenvalue weighted by atomic mass is 10.0. The van der Waals surface area contributed by atoms with Crippen molar-refractivity contribution in [1.82, 2.24) is 15.2 Å². The van der Waals surface area contributed by atoms with Gasteiger partial charge in [0.25, 0.3) is 0 Å². The number of pyridine rings is 1. The molecule has 0 saturated heterocycles. The van der Waals surface area contributed by atoms with Crippen LogP contribution >= 0.6 is 0 Å². The van der Waals surface area contributed by atoms with Gasteiger partial charge >= 0.3 is 0 Å². The van der Waals surface area contributed by atoms with E-state index in [9.17, 15) is 0 Å². The monoisotopic (exact) mass is 236 g/mol. The summed E-state index contributed by atoms with van der Waals surface area (Å²) in [5.74, 6) is 0. The zero-order valence-corrected chi connectivity index (χ0v) is 9.67. The number of nitrogens with two attached hydrogens (primary N) is 1. The number of benzene rings is 1. The van der Waals surface area contributed by atoms with Gasteiger partial charge in [0.1, 0.15) is 0 Å². The lowest BCUT2D eigenvalue weighted by Crippen LogP contribution is -1.92. The van der Waals surface area contributed by atoms with E-state index in [1.54, 1.807) is 12.4 Å². The number of nitrogen functional groups attached to an aromatic ring is 1. The summed E-state index contributed by atoms with van der Waals surface area (Å²) in [7, 11) is 0. The van der Waals surface area contributed by atoms with Crippen molar-refractivity contribution >= 4 is 5.69 Å². The highest BCUT2D eigenvalue weighted by Crippen LogP contribution is 2.28. The molecule has 0 saturated carbocycles. The molecule has 2 aromatic heterocycles. The van der Waals surface area contributed by atoms with Gasteiger partial charge < -0.3 is 5.73 Å². The lowest BCUT2D eigenvalue weighted by molar-refractivity contribution is 1.09. The Labute approximate surface area is 105 Å². The van der Waals surface area contributed by atoms with E-state index in [1.807, 2.05) is 42.6 Å². The van der Waals surface area contributed by atoms with Crippen LogP contribution in [0.4, 0.5) is 5.69 Å². The maximum absolute atomic E-state index is 6.09. The Balaban J connectivity index is 2.05. The Bertz CT molecular complexity index is 645. The molecule has 2 heterocycles. The minimum Gasteiger partial charge on any atom is -0.398 e. The third-order valence-corrected chi connectivity index (χ3v) is 2.82. The van der Waals surface area contributed by atoms with Gasteiger partial charge in [0.15, 0.2) is 0 Å². The number of H-pyrrole nitrogens is 1. The fraction of sp³-hybridized carbons (Fsp3) is 0. The first-order valence-corrected chi connectivity index (χ1v) is 5.65. The summed E-state index contributed by atoms with van der Waals surface area (Å²) >= 11 is 0. The van der Waals surface area contributed by atoms with Crippen LogP contribution in [0.2, 0.25) is 0 Å². The molecule has 0 radical (unpaired) electrons. The normalized spacial score (nSPS) is 10.4. The summed E-state index contributed by atoms with van der Waals surface area (Å²) < 4.78 is 0. The van der Waals surface area contributed by atoms with Crippen molar-refractivity contribution < 1.29 is 0 Å². The molecule has 1 aromatic carbocycles. The van der Waals surface area contributed by atoms with Crippen LogP contribution in [-0.4, -0.2) is 15.2 Å². The van der Waals surface area contributed by atoms with E-state index in [0.29, 0.717) is 5.69 Å². The molecule has 0 aliphatic rings. The molecule has 18 heavy (non-hydrogen) atoms. The third-order valence-electron chi connectivity index (χ3n) is 2.82. The maximum Gasteiger partial charge on any atom is 0.0722 e. The average Bonchev–Trinajstić information content (AvgIpc) is 2.93. The van der Waals surface area contributed by atoms with Crippen LogP contribution in [-0.2, 0) is 0 Å². The molecule has 0 aliphatic carbocycles. The molecule has 0 bridgehead atoms. The predicted octanol–water partition coefficient (Wildman–Crippen LogP) is 2.72. The predicted molar refractivity (Wildman–Crippen MR) is 71.7 cm³/mol. The van der Waals surface area contributed by atoms with E-state index < -0.39 is 0 Å². The SMILES string of the molecule is Nc1cc(-c2cn[nH]c2)ccc1-c1ccccn1. The molecule has 3 N–H and O–H groups in total. The summed E-state index contributed by atoms with van der Waals surface area (Å²) in [5, 5.41) is 6.72. The van der Waals surface area contributed by atoms with Gasteiger partial charge in [-0.25, -0.2) is 0 Å². The van der Waals surface area contributed by atoms with Crippen molar-refractivity contribution in [2.45, 2.75) is 0 Å². The van der Waals surface area contributed by atoms with E-state index >= 15 is 0 Å². The second-order valence-corrected chi connectivity index (χ2v) is 4.00. The number of rotatable bonds is 2. The van der Waals surface area contributed by atoms with Gasteiger partial charge in [0, 0.05) is 29.2 Å². The summed E-state index contributed by atoms with van der Waals surface area (Å²) in [4.78, 5) is 4.30. The standard InChI is InChI=1S/C14H12N4/c15-13-7-10(11-8-17-18-9-11)4-5-12(13)14-3-1-2-6-16-14/h1-9H,15H2,(H,17,18). The molecule has 4 nitrogen and oxygen atoms in total. The van der Waals surface area contributed by atoms with Gasteiger partial charge in [0.05, 0.1) is 11.9 Å². The van der Waals surface area contributed by atoms with E-state index in [-0.39, 0.29) is 0 Å². The average molecular weight is 236 g/mol. The molecule has 0 amide bonds. The topological polar surface area (TPSA) is 67.6 Å². The first-order chi connectivity index (χ1) is 8.84. The van der Waals surface area contributed by atoms with E-state index in [0.717, 1.165) is 22.4 Å². The Hall–Kier alpha value is -2.62. The van der Waals surface area contributed by atoms with Crippen molar-refractivity contribution in [2.75, 3.05) is 5.73 Å². The molecule has 0 spiro atoms. The summed E-state index contributed by atoms with van der Waals surface area (Å²) in [6.07, 6.45) is 5.38. The first-order valence-electron chi connectivity index (χ1n) is 5.65. The van der Waals surface area contributed by atoms with Crippen LogP contribution in [0.3, 0.4) is 0 Å². The van der Waals surface area contributed by atoms with E-state index in [1.165, 1.54) is 0 Å². The largest absolute Gasteiger partial charge is 0.398 e. The molecule has 3 aromatic rings. The van der Waals surface area contributed by atoms with Crippen LogP contribution in [0, 0.1) is 0 Å². The Morgan fingerprint density at radius 3 is 2.67 bits per heavy atom. The van der Waals surface area contributed by atoms with Crippen LogP contribution < -0.4 is 5.73 Å². The zero-order chi connectivity index (χ0) is 12.4. The summed E-state index contributed by atoms with van der Waals surface area (Å²) in [6.45, 7) is 0. The van der Waals surface area contributed by atoms with Crippen LogP contribution in [0.25, 0.3) is 22.4 Å². The Morgan fingerprint density at radius 1 is 1.06 bits per heavy atom. The van der Waals surface area contributed by atoms with Gasteiger partial charge in [-0.2, -0.15) is 5.10 Å². The fourth-order valence-electron chi connectivity index (χ4n) is 1.91. The highest BCUT2D eigenvalue weighted by molar-refractivity contribution is 5.79. The molecule has 0 unspecified atom stereocenters. The van der Waals surface area contributed by atoms with Crippen LogP contribution in [0.5, 0.6) is 0 Å². The quantitative estimate of drug-likeness (QED) is 0.672.